The molecular formula is C12H13BrF2N4. The fraction of sp³-hybridized carbons (Fsp3) is 0.333. The average molecular weight is 331 g/mol. The molecule has 2 rings (SSSR count). The molecular weight excluding hydrogens is 318 g/mol. The van der Waals surface area contributed by atoms with Gasteiger partial charge in [0, 0.05) is 17.1 Å². The van der Waals surface area contributed by atoms with Gasteiger partial charge in [-0.15, -0.1) is 5.10 Å². The van der Waals surface area contributed by atoms with Gasteiger partial charge in [0.25, 0.3) is 0 Å². The Morgan fingerprint density at radius 1 is 1.37 bits per heavy atom. The predicted molar refractivity (Wildman–Crippen MR) is 71.0 cm³/mol. The molecule has 0 unspecified atom stereocenters. The number of nitrogens with one attached hydrogen (secondary N) is 1. The van der Waals surface area contributed by atoms with Crippen LogP contribution in [0.25, 0.3) is 5.69 Å². The fourth-order valence-electron chi connectivity index (χ4n) is 1.70. The van der Waals surface area contributed by atoms with Crippen molar-refractivity contribution in [3.63, 3.8) is 0 Å². The second kappa shape index (κ2) is 6.21. The summed E-state index contributed by atoms with van der Waals surface area (Å²) in [7, 11) is 0. The van der Waals surface area contributed by atoms with Gasteiger partial charge in [0.1, 0.15) is 11.5 Å². The van der Waals surface area contributed by atoms with Crippen LogP contribution in [0.5, 0.6) is 0 Å². The van der Waals surface area contributed by atoms with Crippen LogP contribution in [0.3, 0.4) is 0 Å². The highest BCUT2D eigenvalue weighted by Crippen LogP contribution is 2.25. The summed E-state index contributed by atoms with van der Waals surface area (Å²) < 4.78 is 28.6. The molecule has 102 valence electrons. The van der Waals surface area contributed by atoms with E-state index in [-0.39, 0.29) is 5.69 Å². The summed E-state index contributed by atoms with van der Waals surface area (Å²) >= 11 is 3.15. The molecule has 0 amide bonds. The molecule has 0 aliphatic rings. The van der Waals surface area contributed by atoms with Crippen LogP contribution in [-0.4, -0.2) is 21.5 Å². The third kappa shape index (κ3) is 3.16. The number of aromatic nitrogens is 3. The van der Waals surface area contributed by atoms with Crippen molar-refractivity contribution < 1.29 is 8.78 Å². The lowest BCUT2D eigenvalue weighted by Crippen LogP contribution is -2.17. The first-order chi connectivity index (χ1) is 9.13. The number of hydrogen-bond acceptors (Lipinski definition) is 3. The molecule has 19 heavy (non-hydrogen) atoms. The summed E-state index contributed by atoms with van der Waals surface area (Å²) in [5.74, 6) is -1.33. The van der Waals surface area contributed by atoms with Crippen LogP contribution >= 0.6 is 15.9 Å². The van der Waals surface area contributed by atoms with E-state index < -0.39 is 11.6 Å². The standard InChI is InChI=1S/C12H13BrF2N4/c1-2-3-16-6-9-7-17-18-19(9)12-10(13)4-8(14)5-11(12)15/h4-5,7,16H,2-3,6H2,1H3. The van der Waals surface area contributed by atoms with Gasteiger partial charge in [-0.3, -0.25) is 0 Å². The highest BCUT2D eigenvalue weighted by molar-refractivity contribution is 9.10. The van der Waals surface area contributed by atoms with Crippen LogP contribution in [0, 0.1) is 11.6 Å². The van der Waals surface area contributed by atoms with Gasteiger partial charge >= 0.3 is 0 Å². The smallest absolute Gasteiger partial charge is 0.153 e. The van der Waals surface area contributed by atoms with E-state index in [1.165, 1.54) is 10.7 Å². The molecule has 0 saturated carbocycles. The first kappa shape index (κ1) is 14.1. The minimum absolute atomic E-state index is 0.159. The molecule has 0 bridgehead atoms. The molecule has 0 atom stereocenters. The number of halogens is 3. The largest absolute Gasteiger partial charge is 0.311 e. The van der Waals surface area contributed by atoms with E-state index in [1.807, 2.05) is 0 Å². The summed E-state index contributed by atoms with van der Waals surface area (Å²) in [4.78, 5) is 0. The van der Waals surface area contributed by atoms with Gasteiger partial charge in [-0.2, -0.15) is 0 Å². The van der Waals surface area contributed by atoms with Gasteiger partial charge in [-0.1, -0.05) is 12.1 Å². The van der Waals surface area contributed by atoms with Crippen LogP contribution in [0.1, 0.15) is 19.0 Å². The SMILES string of the molecule is CCCNCc1cnnn1-c1c(F)cc(F)cc1Br. The Bertz CT molecular complexity index is 548. The fourth-order valence-corrected chi connectivity index (χ4v) is 2.27. The molecule has 0 saturated heterocycles. The van der Waals surface area contributed by atoms with Gasteiger partial charge < -0.3 is 5.32 Å². The lowest BCUT2D eigenvalue weighted by molar-refractivity contribution is 0.563. The van der Waals surface area contributed by atoms with Crippen molar-refractivity contribution in [2.45, 2.75) is 19.9 Å². The van der Waals surface area contributed by atoms with Crippen molar-refractivity contribution in [2.75, 3.05) is 6.54 Å². The minimum atomic E-state index is -0.686. The van der Waals surface area contributed by atoms with E-state index in [2.05, 4.69) is 38.5 Å². The van der Waals surface area contributed by atoms with Crippen LogP contribution in [0.2, 0.25) is 0 Å². The lowest BCUT2D eigenvalue weighted by Gasteiger charge is -2.10. The normalized spacial score (nSPS) is 10.9. The molecule has 1 heterocycles. The van der Waals surface area contributed by atoms with Gasteiger partial charge in [0.2, 0.25) is 0 Å². The second-order valence-corrected chi connectivity index (χ2v) is 4.89. The first-order valence-electron chi connectivity index (χ1n) is 5.88. The lowest BCUT2D eigenvalue weighted by atomic mass is 10.3. The van der Waals surface area contributed by atoms with E-state index in [4.69, 9.17) is 0 Å². The number of rotatable bonds is 5. The number of hydrogen-bond donors (Lipinski definition) is 1. The summed E-state index contributed by atoms with van der Waals surface area (Å²) in [6, 6.07) is 2.02. The highest BCUT2D eigenvalue weighted by Gasteiger charge is 2.15. The number of nitrogens with zero attached hydrogens (tertiary/aromatic N) is 3. The zero-order valence-electron chi connectivity index (χ0n) is 10.3. The quantitative estimate of drug-likeness (QED) is 0.857. The van der Waals surface area contributed by atoms with Gasteiger partial charge in [-0.05, 0) is 35.0 Å². The van der Waals surface area contributed by atoms with Crippen LogP contribution in [0.15, 0.2) is 22.8 Å². The van der Waals surface area contributed by atoms with Gasteiger partial charge in [0.05, 0.1) is 11.9 Å². The van der Waals surface area contributed by atoms with Crippen molar-refractivity contribution in [1.29, 1.82) is 0 Å². The zero-order chi connectivity index (χ0) is 13.8. The molecule has 0 spiro atoms. The Hall–Kier alpha value is -1.34. The molecule has 4 nitrogen and oxygen atoms in total. The molecule has 0 radical (unpaired) electrons. The topological polar surface area (TPSA) is 42.7 Å². The summed E-state index contributed by atoms with van der Waals surface area (Å²) in [5, 5.41) is 10.8. The number of benzene rings is 1. The van der Waals surface area contributed by atoms with Gasteiger partial charge in [0.15, 0.2) is 5.82 Å². The molecule has 0 aliphatic heterocycles. The Labute approximate surface area is 117 Å². The minimum Gasteiger partial charge on any atom is -0.311 e. The van der Waals surface area contributed by atoms with Crippen molar-refractivity contribution in [3.05, 3.63) is 40.1 Å². The average Bonchev–Trinajstić information content (AvgIpc) is 2.76. The van der Waals surface area contributed by atoms with Crippen molar-refractivity contribution >= 4 is 15.9 Å². The Morgan fingerprint density at radius 2 is 2.16 bits per heavy atom. The monoisotopic (exact) mass is 330 g/mol. The molecule has 0 fully saturated rings. The molecule has 2 aromatic rings. The van der Waals surface area contributed by atoms with Crippen molar-refractivity contribution in [3.8, 4) is 5.69 Å². The van der Waals surface area contributed by atoms with E-state index >= 15 is 0 Å². The predicted octanol–water partition coefficient (Wildman–Crippen LogP) is 2.81. The highest BCUT2D eigenvalue weighted by atomic mass is 79.9. The Balaban J connectivity index is 2.35. The molecule has 1 N–H and O–H groups in total. The van der Waals surface area contributed by atoms with Crippen molar-refractivity contribution in [1.82, 2.24) is 20.3 Å². The van der Waals surface area contributed by atoms with Crippen LogP contribution in [-0.2, 0) is 6.54 Å². The van der Waals surface area contributed by atoms with Crippen LogP contribution < -0.4 is 5.32 Å². The maximum absolute atomic E-state index is 13.9. The molecule has 7 heteroatoms. The zero-order valence-corrected chi connectivity index (χ0v) is 11.9. The van der Waals surface area contributed by atoms with Crippen molar-refractivity contribution in [2.24, 2.45) is 0 Å². The Kier molecular flexibility index (Phi) is 4.60. The van der Waals surface area contributed by atoms with Gasteiger partial charge in [-0.25, -0.2) is 13.5 Å². The molecule has 1 aromatic carbocycles. The summed E-state index contributed by atoms with van der Waals surface area (Å²) in [6.07, 6.45) is 2.55. The summed E-state index contributed by atoms with van der Waals surface area (Å²) in [5.41, 5.74) is 0.867. The second-order valence-electron chi connectivity index (χ2n) is 4.03. The van der Waals surface area contributed by atoms with E-state index in [9.17, 15) is 8.78 Å². The summed E-state index contributed by atoms with van der Waals surface area (Å²) in [6.45, 7) is 3.42. The first-order valence-corrected chi connectivity index (χ1v) is 6.68. The molecule has 1 aromatic heterocycles. The van der Waals surface area contributed by atoms with E-state index in [1.54, 1.807) is 6.20 Å². The van der Waals surface area contributed by atoms with E-state index in [0.717, 1.165) is 19.0 Å². The molecule has 0 aliphatic carbocycles. The van der Waals surface area contributed by atoms with Crippen LogP contribution in [0.4, 0.5) is 8.78 Å². The maximum atomic E-state index is 13.9. The van der Waals surface area contributed by atoms with E-state index in [0.29, 0.717) is 16.7 Å². The Morgan fingerprint density at radius 3 is 2.84 bits per heavy atom. The maximum Gasteiger partial charge on any atom is 0.153 e. The third-order valence-electron chi connectivity index (χ3n) is 2.55. The third-order valence-corrected chi connectivity index (χ3v) is 3.15.